The van der Waals surface area contributed by atoms with Crippen molar-refractivity contribution in [1.29, 1.82) is 0 Å². The maximum atomic E-state index is 12.7. The van der Waals surface area contributed by atoms with Gasteiger partial charge in [-0.1, -0.05) is 13.0 Å². The number of nitrogens with zero attached hydrogens (tertiary/aromatic N) is 1. The first-order chi connectivity index (χ1) is 13.1. The van der Waals surface area contributed by atoms with Crippen molar-refractivity contribution in [2.45, 2.75) is 64.4 Å². The molecule has 0 spiro atoms. The molecule has 3 aliphatic rings. The molecule has 0 radical (unpaired) electrons. The first-order valence-electron chi connectivity index (χ1n) is 9.82. The number of carbonyl (C=O) groups is 3. The fourth-order valence-electron chi connectivity index (χ4n) is 4.45. The minimum absolute atomic E-state index is 0.00859. The molecule has 3 rings (SSSR count). The molecule has 8 heteroatoms. The first kappa shape index (κ1) is 20.8. The molecule has 0 unspecified atom stereocenters. The number of aliphatic hydroxyl groups is 1. The highest BCUT2D eigenvalue weighted by Crippen LogP contribution is 2.38. The average Bonchev–Trinajstić information content (AvgIpc) is 3.15. The number of allylic oxidation sites excluding steroid dienone is 1. The van der Waals surface area contributed by atoms with Crippen LogP contribution in [0.1, 0.15) is 40.5 Å². The lowest BCUT2D eigenvalue weighted by molar-refractivity contribution is -0.174. The van der Waals surface area contributed by atoms with E-state index in [1.54, 1.807) is 19.9 Å². The highest BCUT2D eigenvalue weighted by molar-refractivity contribution is 5.89. The molecule has 0 saturated carbocycles. The van der Waals surface area contributed by atoms with E-state index in [9.17, 15) is 19.5 Å². The van der Waals surface area contributed by atoms with Crippen LogP contribution in [0.5, 0.6) is 0 Å². The van der Waals surface area contributed by atoms with E-state index in [0.29, 0.717) is 25.1 Å². The standard InChI is InChI=1S/C20H29NO7/c1-5-13-8-11(2)20(4,25)19(24)26-10-14-16(27-12(3)22)9-21-7-6-15(17(14)21)28-18(13)23/h5,11,14-17,25H,6-10H2,1-4H3/b13-5-/t11-,14+,15-,16-,17-,20-/m1/s1. The van der Waals surface area contributed by atoms with Crippen LogP contribution in [0.15, 0.2) is 11.6 Å². The molecule has 0 aromatic carbocycles. The Kier molecular flexibility index (Phi) is 5.82. The molecular formula is C20H29NO7. The molecule has 6 atom stereocenters. The van der Waals surface area contributed by atoms with Crippen LogP contribution in [0.3, 0.4) is 0 Å². The highest BCUT2D eigenvalue weighted by Gasteiger charge is 2.53. The molecule has 3 fully saturated rings. The largest absolute Gasteiger partial charge is 0.463 e. The van der Waals surface area contributed by atoms with Crippen molar-refractivity contribution < 1.29 is 33.7 Å². The number of esters is 3. The fraction of sp³-hybridized carbons (Fsp3) is 0.750. The molecule has 3 saturated heterocycles. The average molecular weight is 395 g/mol. The van der Waals surface area contributed by atoms with Gasteiger partial charge in [-0.2, -0.15) is 0 Å². The second-order valence-electron chi connectivity index (χ2n) is 8.19. The Labute approximate surface area is 164 Å². The first-order valence-corrected chi connectivity index (χ1v) is 9.82. The van der Waals surface area contributed by atoms with Crippen LogP contribution in [-0.2, 0) is 28.6 Å². The van der Waals surface area contributed by atoms with Crippen molar-refractivity contribution in [3.63, 3.8) is 0 Å². The molecule has 3 aliphatic heterocycles. The number of carbonyl (C=O) groups excluding carboxylic acids is 3. The second kappa shape index (κ2) is 7.83. The van der Waals surface area contributed by atoms with Crippen molar-refractivity contribution >= 4 is 17.9 Å². The Morgan fingerprint density at radius 3 is 2.75 bits per heavy atom. The minimum Gasteiger partial charge on any atom is -0.463 e. The van der Waals surface area contributed by atoms with Gasteiger partial charge in [0.25, 0.3) is 0 Å². The molecule has 156 valence electrons. The second-order valence-corrected chi connectivity index (χ2v) is 8.19. The van der Waals surface area contributed by atoms with Gasteiger partial charge in [0.2, 0.25) is 0 Å². The van der Waals surface area contributed by atoms with Crippen LogP contribution in [0, 0.1) is 11.8 Å². The molecule has 0 aromatic rings. The van der Waals surface area contributed by atoms with E-state index in [2.05, 4.69) is 4.90 Å². The van der Waals surface area contributed by atoms with E-state index in [4.69, 9.17) is 14.2 Å². The van der Waals surface area contributed by atoms with Crippen LogP contribution in [0.4, 0.5) is 0 Å². The minimum atomic E-state index is -1.75. The van der Waals surface area contributed by atoms with E-state index in [1.165, 1.54) is 13.8 Å². The third-order valence-electron chi connectivity index (χ3n) is 6.33. The molecule has 0 aromatic heterocycles. The number of hydrogen-bond donors (Lipinski definition) is 1. The summed E-state index contributed by atoms with van der Waals surface area (Å²) in [7, 11) is 0. The SMILES string of the molecule is C/C=C1/C[C@@H](C)[C@@](C)(O)C(=O)OC[C@@H]2[C@@H]3[C@@H](CCN3C[C@H]2OC(C)=O)OC1=O. The van der Waals surface area contributed by atoms with Crippen LogP contribution < -0.4 is 0 Å². The Morgan fingerprint density at radius 2 is 2.11 bits per heavy atom. The summed E-state index contributed by atoms with van der Waals surface area (Å²) in [4.78, 5) is 39.0. The zero-order valence-electron chi connectivity index (χ0n) is 16.8. The van der Waals surface area contributed by atoms with E-state index >= 15 is 0 Å². The van der Waals surface area contributed by atoms with E-state index in [1.807, 2.05) is 0 Å². The highest BCUT2D eigenvalue weighted by atomic mass is 16.6. The summed E-state index contributed by atoms with van der Waals surface area (Å²) in [6, 6.07) is -0.194. The topological polar surface area (TPSA) is 102 Å². The van der Waals surface area contributed by atoms with Gasteiger partial charge in [-0.3, -0.25) is 9.69 Å². The molecule has 0 aliphatic carbocycles. The van der Waals surface area contributed by atoms with Crippen molar-refractivity contribution in [2.24, 2.45) is 11.8 Å². The van der Waals surface area contributed by atoms with Gasteiger partial charge in [0, 0.05) is 25.6 Å². The summed E-state index contributed by atoms with van der Waals surface area (Å²) in [6.07, 6.45) is 1.73. The Morgan fingerprint density at radius 1 is 1.39 bits per heavy atom. The summed E-state index contributed by atoms with van der Waals surface area (Å²) in [5.74, 6) is -2.44. The molecule has 0 bridgehead atoms. The molecule has 0 amide bonds. The molecular weight excluding hydrogens is 366 g/mol. The van der Waals surface area contributed by atoms with Gasteiger partial charge < -0.3 is 19.3 Å². The Bertz CT molecular complexity index is 686. The normalized spacial score (nSPS) is 40.9. The summed E-state index contributed by atoms with van der Waals surface area (Å²) in [5, 5.41) is 10.7. The number of cyclic esters (lactones) is 1. The summed E-state index contributed by atoms with van der Waals surface area (Å²) >= 11 is 0. The quantitative estimate of drug-likeness (QED) is 0.395. The smallest absolute Gasteiger partial charge is 0.338 e. The lowest BCUT2D eigenvalue weighted by Crippen LogP contribution is -2.47. The monoisotopic (exact) mass is 395 g/mol. The number of ether oxygens (including phenoxy) is 3. The molecule has 8 nitrogen and oxygen atoms in total. The predicted molar refractivity (Wildman–Crippen MR) is 98.0 cm³/mol. The number of hydrogen-bond acceptors (Lipinski definition) is 8. The lowest BCUT2D eigenvalue weighted by atomic mass is 9.85. The van der Waals surface area contributed by atoms with Gasteiger partial charge >= 0.3 is 17.9 Å². The van der Waals surface area contributed by atoms with Gasteiger partial charge in [-0.25, -0.2) is 9.59 Å². The van der Waals surface area contributed by atoms with Gasteiger partial charge in [0.15, 0.2) is 5.60 Å². The van der Waals surface area contributed by atoms with Crippen molar-refractivity contribution in [3.8, 4) is 0 Å². The van der Waals surface area contributed by atoms with Crippen LogP contribution in [-0.4, -0.2) is 71.5 Å². The van der Waals surface area contributed by atoms with Gasteiger partial charge in [-0.05, 0) is 32.6 Å². The zero-order valence-corrected chi connectivity index (χ0v) is 16.8. The van der Waals surface area contributed by atoms with Crippen molar-refractivity contribution in [3.05, 3.63) is 11.6 Å². The maximum absolute atomic E-state index is 12.7. The summed E-state index contributed by atoms with van der Waals surface area (Å²) in [6.45, 7) is 7.37. The zero-order chi connectivity index (χ0) is 20.6. The predicted octanol–water partition coefficient (Wildman–Crippen LogP) is 0.814. The third-order valence-corrected chi connectivity index (χ3v) is 6.33. The molecule has 3 heterocycles. The van der Waals surface area contributed by atoms with Crippen molar-refractivity contribution in [2.75, 3.05) is 19.7 Å². The van der Waals surface area contributed by atoms with Gasteiger partial charge in [-0.15, -0.1) is 0 Å². The van der Waals surface area contributed by atoms with E-state index < -0.39 is 35.5 Å². The molecule has 1 N–H and O–H groups in total. The summed E-state index contributed by atoms with van der Waals surface area (Å²) in [5.41, 5.74) is -1.33. The van der Waals surface area contributed by atoms with Crippen LogP contribution in [0.25, 0.3) is 0 Å². The third kappa shape index (κ3) is 3.80. The van der Waals surface area contributed by atoms with Crippen molar-refractivity contribution in [1.82, 2.24) is 4.90 Å². The number of rotatable bonds is 1. The van der Waals surface area contributed by atoms with E-state index in [-0.39, 0.29) is 31.1 Å². The maximum Gasteiger partial charge on any atom is 0.338 e. The Balaban J connectivity index is 1.93. The van der Waals surface area contributed by atoms with Crippen LogP contribution in [0.2, 0.25) is 0 Å². The molecule has 28 heavy (non-hydrogen) atoms. The van der Waals surface area contributed by atoms with Crippen LogP contribution >= 0.6 is 0 Å². The Hall–Kier alpha value is -1.93. The van der Waals surface area contributed by atoms with Gasteiger partial charge in [0.1, 0.15) is 12.2 Å². The lowest BCUT2D eigenvalue weighted by Gasteiger charge is -2.33. The van der Waals surface area contributed by atoms with Gasteiger partial charge in [0.05, 0.1) is 18.6 Å². The van der Waals surface area contributed by atoms with E-state index in [0.717, 1.165) is 0 Å². The summed E-state index contributed by atoms with van der Waals surface area (Å²) < 4.78 is 16.7. The fourth-order valence-corrected chi connectivity index (χ4v) is 4.45.